The molecule has 0 atom stereocenters. The normalized spacial score (nSPS) is 11.2. The van der Waals surface area contributed by atoms with Crippen LogP contribution in [-0.4, -0.2) is 10.1 Å². The lowest BCUT2D eigenvalue weighted by molar-refractivity contribution is 0.419. The average Bonchev–Trinajstić information content (AvgIpc) is 2.71. The van der Waals surface area contributed by atoms with Crippen molar-refractivity contribution in [2.75, 3.05) is 5.73 Å². The number of aromatic nitrogens is 2. The third kappa shape index (κ3) is 1.87. The molecule has 0 aliphatic carbocycles. The molecule has 0 saturated carbocycles. The summed E-state index contributed by atoms with van der Waals surface area (Å²) in [4.78, 5) is 5.45. The number of nitrogen functional groups attached to an aromatic ring is 1. The number of hydrogen-bond donors (Lipinski definition) is 1. The lowest BCUT2D eigenvalue weighted by Gasteiger charge is -1.92. The van der Waals surface area contributed by atoms with Crippen molar-refractivity contribution in [3.63, 3.8) is 0 Å². The number of rotatable bonds is 2. The second kappa shape index (κ2) is 3.66. The Morgan fingerprint density at radius 1 is 1.47 bits per heavy atom. The van der Waals surface area contributed by atoms with E-state index in [4.69, 9.17) is 10.3 Å². The Morgan fingerprint density at radius 2 is 2.20 bits per heavy atom. The van der Waals surface area contributed by atoms with Gasteiger partial charge in [-0.1, -0.05) is 19.0 Å². The first kappa shape index (κ1) is 10.2. The highest BCUT2D eigenvalue weighted by atomic mass is 32.1. The van der Waals surface area contributed by atoms with Gasteiger partial charge in [-0.3, -0.25) is 0 Å². The van der Waals surface area contributed by atoms with Crippen molar-refractivity contribution >= 4 is 16.3 Å². The molecule has 0 spiro atoms. The Bertz CT molecular complexity index is 473. The van der Waals surface area contributed by atoms with Crippen LogP contribution < -0.4 is 5.73 Å². The topological polar surface area (TPSA) is 64.9 Å². The Hall–Kier alpha value is -1.36. The van der Waals surface area contributed by atoms with Crippen LogP contribution in [0.4, 0.5) is 5.00 Å². The zero-order valence-electron chi connectivity index (χ0n) is 8.94. The summed E-state index contributed by atoms with van der Waals surface area (Å²) in [6, 6.07) is 1.97. The molecule has 2 heterocycles. The third-order valence-corrected chi connectivity index (χ3v) is 2.95. The van der Waals surface area contributed by atoms with Crippen molar-refractivity contribution in [1.82, 2.24) is 10.1 Å². The van der Waals surface area contributed by atoms with Crippen molar-refractivity contribution in [2.45, 2.75) is 26.7 Å². The first-order valence-corrected chi connectivity index (χ1v) is 5.59. The summed E-state index contributed by atoms with van der Waals surface area (Å²) in [6.07, 6.45) is 0. The molecule has 0 unspecified atom stereocenters. The molecular weight excluding hydrogens is 210 g/mol. The fourth-order valence-corrected chi connectivity index (χ4v) is 2.06. The SMILES string of the molecule is Cc1cc(-c2nc(C(C)C)no2)c(N)s1. The van der Waals surface area contributed by atoms with Crippen molar-refractivity contribution in [2.24, 2.45) is 0 Å². The zero-order valence-corrected chi connectivity index (χ0v) is 9.76. The van der Waals surface area contributed by atoms with Crippen molar-refractivity contribution in [1.29, 1.82) is 0 Å². The molecular formula is C10H13N3OS. The zero-order chi connectivity index (χ0) is 11.0. The monoisotopic (exact) mass is 223 g/mol. The first-order valence-electron chi connectivity index (χ1n) is 4.78. The maximum Gasteiger partial charge on any atom is 0.260 e. The number of nitrogens with two attached hydrogens (primary N) is 1. The van der Waals surface area contributed by atoms with Gasteiger partial charge in [0.05, 0.1) is 10.6 Å². The van der Waals surface area contributed by atoms with Crippen LogP contribution >= 0.6 is 11.3 Å². The summed E-state index contributed by atoms with van der Waals surface area (Å²) in [6.45, 7) is 6.05. The maximum atomic E-state index is 5.85. The minimum absolute atomic E-state index is 0.267. The third-order valence-electron chi connectivity index (χ3n) is 2.07. The standard InChI is InChI=1S/C10H13N3OS/c1-5(2)9-12-10(14-13-9)7-4-6(3)15-8(7)11/h4-5H,11H2,1-3H3. The van der Waals surface area contributed by atoms with Crippen molar-refractivity contribution in [3.05, 3.63) is 16.8 Å². The molecule has 0 aliphatic heterocycles. The minimum atomic E-state index is 0.267. The molecule has 4 nitrogen and oxygen atoms in total. The first-order chi connectivity index (χ1) is 7.08. The summed E-state index contributed by atoms with van der Waals surface area (Å²) in [5.41, 5.74) is 6.69. The molecule has 80 valence electrons. The molecule has 0 fully saturated rings. The highest BCUT2D eigenvalue weighted by Crippen LogP contribution is 2.32. The van der Waals surface area contributed by atoms with Gasteiger partial charge >= 0.3 is 0 Å². The summed E-state index contributed by atoms with van der Waals surface area (Å²) >= 11 is 1.53. The van der Waals surface area contributed by atoms with Gasteiger partial charge in [0.15, 0.2) is 5.82 Å². The quantitative estimate of drug-likeness (QED) is 0.850. The smallest absolute Gasteiger partial charge is 0.260 e. The number of aryl methyl sites for hydroxylation is 1. The van der Waals surface area contributed by atoms with E-state index in [1.807, 2.05) is 26.8 Å². The van der Waals surface area contributed by atoms with E-state index < -0.39 is 0 Å². The van der Waals surface area contributed by atoms with E-state index in [-0.39, 0.29) is 5.92 Å². The van der Waals surface area contributed by atoms with Gasteiger partial charge in [-0.05, 0) is 13.0 Å². The molecule has 0 saturated heterocycles. The fraction of sp³-hybridized carbons (Fsp3) is 0.400. The van der Waals surface area contributed by atoms with Crippen LogP contribution in [0, 0.1) is 6.92 Å². The fourth-order valence-electron chi connectivity index (χ4n) is 1.28. The van der Waals surface area contributed by atoms with Gasteiger partial charge in [0, 0.05) is 10.8 Å². The molecule has 0 aliphatic rings. The number of nitrogens with zero attached hydrogens (tertiary/aromatic N) is 2. The molecule has 2 rings (SSSR count). The second-order valence-corrected chi connectivity index (χ2v) is 5.04. The molecule has 15 heavy (non-hydrogen) atoms. The molecule has 2 aromatic rings. The predicted molar refractivity (Wildman–Crippen MR) is 60.8 cm³/mol. The number of thiophene rings is 1. The van der Waals surface area contributed by atoms with E-state index in [1.165, 1.54) is 11.3 Å². The minimum Gasteiger partial charge on any atom is -0.390 e. The Kier molecular flexibility index (Phi) is 2.48. The summed E-state index contributed by atoms with van der Waals surface area (Å²) in [5.74, 6) is 1.50. The maximum absolute atomic E-state index is 5.85. The van der Waals surface area contributed by atoms with Crippen LogP contribution in [0.1, 0.15) is 30.5 Å². The lowest BCUT2D eigenvalue weighted by atomic mass is 10.2. The highest BCUT2D eigenvalue weighted by molar-refractivity contribution is 7.16. The van der Waals surface area contributed by atoms with Crippen molar-refractivity contribution in [3.8, 4) is 11.5 Å². The Balaban J connectivity index is 2.41. The van der Waals surface area contributed by atoms with Gasteiger partial charge in [0.1, 0.15) is 0 Å². The van der Waals surface area contributed by atoms with E-state index in [0.29, 0.717) is 11.7 Å². The predicted octanol–water partition coefficient (Wildman–Crippen LogP) is 2.81. The second-order valence-electron chi connectivity index (χ2n) is 3.75. The number of hydrogen-bond acceptors (Lipinski definition) is 5. The molecule has 0 amide bonds. The Labute approximate surface area is 92.1 Å². The number of anilines is 1. The molecule has 0 aromatic carbocycles. The van der Waals surface area contributed by atoms with E-state index in [1.54, 1.807) is 0 Å². The van der Waals surface area contributed by atoms with Crippen LogP contribution in [0.2, 0.25) is 0 Å². The van der Waals surface area contributed by atoms with E-state index in [2.05, 4.69) is 10.1 Å². The van der Waals surface area contributed by atoms with Crippen molar-refractivity contribution < 1.29 is 4.52 Å². The van der Waals surface area contributed by atoms with Crippen LogP contribution in [-0.2, 0) is 0 Å². The highest BCUT2D eigenvalue weighted by Gasteiger charge is 2.15. The largest absolute Gasteiger partial charge is 0.390 e. The van der Waals surface area contributed by atoms with Gasteiger partial charge in [0.25, 0.3) is 5.89 Å². The van der Waals surface area contributed by atoms with E-state index in [0.717, 1.165) is 15.4 Å². The van der Waals surface area contributed by atoms with E-state index in [9.17, 15) is 0 Å². The summed E-state index contributed by atoms with van der Waals surface area (Å²) < 4.78 is 5.17. The molecule has 2 N–H and O–H groups in total. The van der Waals surface area contributed by atoms with Gasteiger partial charge in [-0.2, -0.15) is 4.98 Å². The van der Waals surface area contributed by atoms with Crippen LogP contribution in [0.15, 0.2) is 10.6 Å². The summed E-state index contributed by atoms with van der Waals surface area (Å²) in [5, 5.41) is 4.63. The van der Waals surface area contributed by atoms with Crippen LogP contribution in [0.5, 0.6) is 0 Å². The lowest BCUT2D eigenvalue weighted by Crippen LogP contribution is -1.89. The van der Waals surface area contributed by atoms with Gasteiger partial charge in [-0.25, -0.2) is 0 Å². The van der Waals surface area contributed by atoms with Gasteiger partial charge in [-0.15, -0.1) is 11.3 Å². The Morgan fingerprint density at radius 3 is 2.67 bits per heavy atom. The average molecular weight is 223 g/mol. The van der Waals surface area contributed by atoms with Crippen LogP contribution in [0.3, 0.4) is 0 Å². The van der Waals surface area contributed by atoms with Gasteiger partial charge < -0.3 is 10.3 Å². The van der Waals surface area contributed by atoms with E-state index >= 15 is 0 Å². The van der Waals surface area contributed by atoms with Gasteiger partial charge in [0.2, 0.25) is 0 Å². The molecule has 5 heteroatoms. The molecule has 0 radical (unpaired) electrons. The molecule has 2 aromatic heterocycles. The van der Waals surface area contributed by atoms with Crippen LogP contribution in [0.25, 0.3) is 11.5 Å². The molecule has 0 bridgehead atoms. The summed E-state index contributed by atoms with van der Waals surface area (Å²) in [7, 11) is 0.